The maximum Gasteiger partial charge on any atom is 0.0541 e. The molecule has 262 valence electrons. The predicted molar refractivity (Wildman–Crippen MR) is 236 cm³/mol. The molecular formula is C54H36N2. The highest BCUT2D eigenvalue weighted by Gasteiger charge is 2.19. The molecule has 56 heavy (non-hydrogen) atoms. The Balaban J connectivity index is 0.963. The Bertz CT molecular complexity index is 3350. The Labute approximate surface area is 325 Å². The summed E-state index contributed by atoms with van der Waals surface area (Å²) in [7, 11) is 0. The Hall–Kier alpha value is -7.16. The van der Waals surface area contributed by atoms with Gasteiger partial charge >= 0.3 is 0 Å². The topological polar surface area (TPSA) is 9.86 Å². The molecule has 0 fully saturated rings. The summed E-state index contributed by atoms with van der Waals surface area (Å²) in [6, 6.07) is 71.9. The number of aromatic nitrogens is 2. The van der Waals surface area contributed by atoms with Crippen LogP contribution in [-0.4, -0.2) is 9.13 Å². The standard InChI is InChI=1S/C54H36N2/c1-3-13-43-35(10-1)12-9-17-45(43)37-22-26-41(27-23-37)55-51-18-7-5-15-47(51)49-33-38(24-30-53(49)55)39-25-31-54-50(34-39)48-16-6-8-19-52(48)56(54)42-28-29-46-40(32-42)21-20-36-11-2-4-14-44(36)46/h1-19,22-34H,20-21H2. The van der Waals surface area contributed by atoms with Gasteiger partial charge in [0.25, 0.3) is 0 Å². The quantitative estimate of drug-likeness (QED) is 0.172. The minimum Gasteiger partial charge on any atom is -0.309 e. The molecule has 2 aromatic heterocycles. The lowest BCUT2D eigenvalue weighted by Crippen LogP contribution is -2.05. The lowest BCUT2D eigenvalue weighted by atomic mass is 9.85. The van der Waals surface area contributed by atoms with Crippen molar-refractivity contribution >= 4 is 54.4 Å². The van der Waals surface area contributed by atoms with E-state index in [1.165, 1.54) is 105 Å². The first-order valence-electron chi connectivity index (χ1n) is 19.6. The van der Waals surface area contributed by atoms with E-state index in [0.29, 0.717) is 0 Å². The van der Waals surface area contributed by atoms with Crippen molar-refractivity contribution in [2.75, 3.05) is 0 Å². The molecule has 12 rings (SSSR count). The molecular weight excluding hydrogens is 677 g/mol. The Morgan fingerprint density at radius 1 is 0.286 bits per heavy atom. The average molecular weight is 713 g/mol. The van der Waals surface area contributed by atoms with Gasteiger partial charge < -0.3 is 9.13 Å². The monoisotopic (exact) mass is 712 g/mol. The first kappa shape index (κ1) is 31.2. The van der Waals surface area contributed by atoms with Crippen LogP contribution < -0.4 is 0 Å². The molecule has 0 bridgehead atoms. The maximum absolute atomic E-state index is 2.46. The summed E-state index contributed by atoms with van der Waals surface area (Å²) < 4.78 is 4.87. The first-order valence-corrected chi connectivity index (χ1v) is 19.6. The number of fused-ring (bicyclic) bond motifs is 10. The summed E-state index contributed by atoms with van der Waals surface area (Å²) in [6.07, 6.45) is 2.15. The van der Waals surface area contributed by atoms with Gasteiger partial charge in [0.05, 0.1) is 22.1 Å². The summed E-state index contributed by atoms with van der Waals surface area (Å²) in [5, 5.41) is 7.61. The fourth-order valence-corrected chi connectivity index (χ4v) is 9.59. The number of nitrogens with zero attached hydrogens (tertiary/aromatic N) is 2. The van der Waals surface area contributed by atoms with Gasteiger partial charge in [0.2, 0.25) is 0 Å². The lowest BCUT2D eigenvalue weighted by molar-refractivity contribution is 0.938. The second kappa shape index (κ2) is 12.2. The molecule has 0 atom stereocenters. The number of hydrogen-bond acceptors (Lipinski definition) is 0. The molecule has 0 spiro atoms. The molecule has 0 unspecified atom stereocenters. The van der Waals surface area contributed by atoms with E-state index in [9.17, 15) is 0 Å². The van der Waals surface area contributed by atoms with E-state index in [1.807, 2.05) is 0 Å². The molecule has 2 heterocycles. The molecule has 1 aliphatic carbocycles. The van der Waals surface area contributed by atoms with Gasteiger partial charge in [-0.2, -0.15) is 0 Å². The summed E-state index contributed by atoms with van der Waals surface area (Å²) in [6.45, 7) is 0. The number of benzene rings is 9. The van der Waals surface area contributed by atoms with Gasteiger partial charge in [-0.25, -0.2) is 0 Å². The molecule has 0 N–H and O–H groups in total. The third-order valence-electron chi connectivity index (χ3n) is 12.2. The van der Waals surface area contributed by atoms with Gasteiger partial charge in [-0.3, -0.25) is 0 Å². The van der Waals surface area contributed by atoms with Gasteiger partial charge in [-0.05, 0) is 129 Å². The minimum absolute atomic E-state index is 1.07. The maximum atomic E-state index is 2.46. The highest BCUT2D eigenvalue weighted by atomic mass is 15.0. The summed E-state index contributed by atoms with van der Waals surface area (Å²) in [5.74, 6) is 0. The predicted octanol–water partition coefficient (Wildman–Crippen LogP) is 14.1. The van der Waals surface area contributed by atoms with E-state index in [4.69, 9.17) is 0 Å². The molecule has 0 aliphatic heterocycles. The van der Waals surface area contributed by atoms with E-state index in [1.54, 1.807) is 0 Å². The van der Waals surface area contributed by atoms with Crippen LogP contribution in [0.5, 0.6) is 0 Å². The van der Waals surface area contributed by atoms with Crippen molar-refractivity contribution in [2.45, 2.75) is 12.8 Å². The third-order valence-corrected chi connectivity index (χ3v) is 12.2. The largest absolute Gasteiger partial charge is 0.309 e. The van der Waals surface area contributed by atoms with Crippen LogP contribution in [0, 0.1) is 0 Å². The van der Waals surface area contributed by atoms with Crippen molar-refractivity contribution in [3.05, 3.63) is 205 Å². The minimum atomic E-state index is 1.07. The van der Waals surface area contributed by atoms with E-state index >= 15 is 0 Å². The molecule has 9 aromatic carbocycles. The molecule has 1 aliphatic rings. The molecule has 2 nitrogen and oxygen atoms in total. The second-order valence-electron chi connectivity index (χ2n) is 15.2. The molecule has 2 heteroatoms. The SMILES string of the molecule is c1ccc2c(c1)CCc1cc(-n3c4ccccc4c4cc(-c5ccc6c(c5)c5ccccc5n6-c5ccc(-c6cccc7ccccc67)cc5)ccc43)ccc1-2. The average Bonchev–Trinajstić information content (AvgIpc) is 3.78. The van der Waals surface area contributed by atoms with Crippen LogP contribution in [0.15, 0.2) is 194 Å². The van der Waals surface area contributed by atoms with Gasteiger partial charge in [0.1, 0.15) is 0 Å². The van der Waals surface area contributed by atoms with Crippen molar-refractivity contribution < 1.29 is 0 Å². The highest BCUT2D eigenvalue weighted by Crippen LogP contribution is 2.40. The summed E-state index contributed by atoms with van der Waals surface area (Å²) >= 11 is 0. The van der Waals surface area contributed by atoms with Crippen LogP contribution in [0.25, 0.3) is 99.1 Å². The van der Waals surface area contributed by atoms with E-state index < -0.39 is 0 Å². The smallest absolute Gasteiger partial charge is 0.0541 e. The highest BCUT2D eigenvalue weighted by molar-refractivity contribution is 6.13. The van der Waals surface area contributed by atoms with Crippen molar-refractivity contribution in [1.82, 2.24) is 9.13 Å². The van der Waals surface area contributed by atoms with Crippen molar-refractivity contribution in [2.24, 2.45) is 0 Å². The van der Waals surface area contributed by atoms with Crippen LogP contribution in [0.2, 0.25) is 0 Å². The first-order chi connectivity index (χ1) is 27.8. The van der Waals surface area contributed by atoms with Gasteiger partial charge in [-0.1, -0.05) is 133 Å². The normalized spacial score (nSPS) is 12.5. The van der Waals surface area contributed by atoms with Crippen molar-refractivity contribution in [3.8, 4) is 44.8 Å². The summed E-state index contributed by atoms with van der Waals surface area (Å²) in [4.78, 5) is 0. The Morgan fingerprint density at radius 3 is 1.52 bits per heavy atom. The van der Waals surface area contributed by atoms with Gasteiger partial charge in [0.15, 0.2) is 0 Å². The zero-order valence-electron chi connectivity index (χ0n) is 30.8. The van der Waals surface area contributed by atoms with Gasteiger partial charge in [-0.15, -0.1) is 0 Å². The zero-order valence-corrected chi connectivity index (χ0v) is 30.8. The van der Waals surface area contributed by atoms with Crippen LogP contribution in [0.3, 0.4) is 0 Å². The van der Waals surface area contributed by atoms with Gasteiger partial charge in [0, 0.05) is 32.9 Å². The van der Waals surface area contributed by atoms with Crippen LogP contribution in [0.1, 0.15) is 11.1 Å². The third kappa shape index (κ3) is 4.69. The van der Waals surface area contributed by atoms with E-state index in [-0.39, 0.29) is 0 Å². The molecule has 0 saturated carbocycles. The molecule has 0 radical (unpaired) electrons. The Morgan fingerprint density at radius 2 is 0.786 bits per heavy atom. The van der Waals surface area contributed by atoms with Crippen molar-refractivity contribution in [3.63, 3.8) is 0 Å². The Kier molecular flexibility index (Phi) is 6.79. The van der Waals surface area contributed by atoms with Crippen LogP contribution >= 0.6 is 0 Å². The number of para-hydroxylation sites is 2. The van der Waals surface area contributed by atoms with E-state index in [0.717, 1.165) is 18.5 Å². The molecule has 11 aromatic rings. The fraction of sp³-hybridized carbons (Fsp3) is 0.0370. The fourth-order valence-electron chi connectivity index (χ4n) is 9.59. The number of hydrogen-bond donors (Lipinski definition) is 0. The zero-order chi connectivity index (χ0) is 36.7. The van der Waals surface area contributed by atoms with Crippen molar-refractivity contribution in [1.29, 1.82) is 0 Å². The number of aryl methyl sites for hydroxylation is 2. The lowest BCUT2D eigenvalue weighted by Gasteiger charge is -2.21. The van der Waals surface area contributed by atoms with Crippen LogP contribution in [0.4, 0.5) is 0 Å². The summed E-state index contributed by atoms with van der Waals surface area (Å²) in [5.41, 5.74) is 17.8. The van der Waals surface area contributed by atoms with Crippen LogP contribution in [-0.2, 0) is 12.8 Å². The second-order valence-corrected chi connectivity index (χ2v) is 15.2. The number of rotatable bonds is 4. The molecule has 0 saturated heterocycles. The van der Waals surface area contributed by atoms with E-state index in [2.05, 4.69) is 203 Å². The molecule has 0 amide bonds.